The van der Waals surface area contributed by atoms with E-state index in [-0.39, 0.29) is 0 Å². The second-order valence-corrected chi connectivity index (χ2v) is 9.23. The van der Waals surface area contributed by atoms with Crippen LogP contribution in [0.3, 0.4) is 0 Å². The van der Waals surface area contributed by atoms with Gasteiger partial charge in [-0.15, -0.1) is 0 Å². The van der Waals surface area contributed by atoms with Crippen molar-refractivity contribution in [1.29, 1.82) is 0 Å². The Morgan fingerprint density at radius 3 is 2.46 bits per heavy atom. The zero-order chi connectivity index (χ0) is 18.8. The first-order valence-electron chi connectivity index (χ1n) is 9.10. The maximum absolute atomic E-state index is 12.5. The molecule has 1 saturated heterocycles. The van der Waals surface area contributed by atoms with Crippen molar-refractivity contribution in [3.63, 3.8) is 0 Å². The molecule has 1 aromatic rings. The van der Waals surface area contributed by atoms with Gasteiger partial charge in [-0.05, 0) is 55.4 Å². The topological polar surface area (TPSA) is 73.8 Å². The molecule has 0 aromatic heterocycles. The molecule has 1 fully saturated rings. The molecule has 1 aliphatic rings. The van der Waals surface area contributed by atoms with Gasteiger partial charge in [-0.2, -0.15) is 16.1 Å². The molecular formula is C18H30N4O2S2. The van der Waals surface area contributed by atoms with E-state index < -0.39 is 10.0 Å². The molecule has 8 heteroatoms. The molecule has 0 amide bonds. The minimum atomic E-state index is -3.34. The van der Waals surface area contributed by atoms with E-state index in [1.807, 2.05) is 23.9 Å². The fourth-order valence-electron chi connectivity index (χ4n) is 2.84. The molecule has 2 rings (SSSR count). The number of rotatable bonds is 9. The van der Waals surface area contributed by atoms with Crippen LogP contribution >= 0.6 is 11.8 Å². The summed E-state index contributed by atoms with van der Waals surface area (Å²) in [7, 11) is -1.58. The number of thioether (sulfide) groups is 1. The first kappa shape index (κ1) is 21.1. The zero-order valence-electron chi connectivity index (χ0n) is 15.7. The van der Waals surface area contributed by atoms with Gasteiger partial charge in [0.1, 0.15) is 0 Å². The van der Waals surface area contributed by atoms with Crippen LogP contribution in [0.15, 0.2) is 34.2 Å². The normalized spacial score (nSPS) is 16.0. The van der Waals surface area contributed by atoms with E-state index in [2.05, 4.69) is 21.9 Å². The van der Waals surface area contributed by atoms with Crippen LogP contribution in [0.4, 0.5) is 0 Å². The van der Waals surface area contributed by atoms with Crippen LogP contribution in [0.5, 0.6) is 0 Å². The molecule has 0 unspecified atom stereocenters. The lowest BCUT2D eigenvalue weighted by molar-refractivity contribution is 0.477. The third-order valence-corrected chi connectivity index (χ3v) is 6.99. The summed E-state index contributed by atoms with van der Waals surface area (Å²) in [5.74, 6) is 1.95. The summed E-state index contributed by atoms with van der Waals surface area (Å²) in [6.45, 7) is 2.76. The highest BCUT2D eigenvalue weighted by Gasteiger charge is 2.26. The fraction of sp³-hybridized carbons (Fsp3) is 0.611. The van der Waals surface area contributed by atoms with E-state index in [0.717, 1.165) is 37.3 Å². The van der Waals surface area contributed by atoms with Gasteiger partial charge in [-0.3, -0.25) is 4.99 Å². The molecule has 0 bridgehead atoms. The van der Waals surface area contributed by atoms with Crippen LogP contribution in [0.1, 0.15) is 31.2 Å². The molecule has 1 aromatic carbocycles. The van der Waals surface area contributed by atoms with E-state index in [4.69, 9.17) is 0 Å². The van der Waals surface area contributed by atoms with Crippen LogP contribution in [0.25, 0.3) is 0 Å². The van der Waals surface area contributed by atoms with Gasteiger partial charge in [0.15, 0.2) is 5.96 Å². The Kier molecular flexibility index (Phi) is 8.74. The van der Waals surface area contributed by atoms with Crippen molar-refractivity contribution in [2.24, 2.45) is 4.99 Å². The van der Waals surface area contributed by atoms with Crippen LogP contribution in [0.2, 0.25) is 0 Å². The Hall–Kier alpha value is -1.25. The Morgan fingerprint density at radius 1 is 1.15 bits per heavy atom. The van der Waals surface area contributed by atoms with E-state index in [0.29, 0.717) is 24.5 Å². The van der Waals surface area contributed by atoms with Gasteiger partial charge >= 0.3 is 0 Å². The molecule has 26 heavy (non-hydrogen) atoms. The van der Waals surface area contributed by atoms with Gasteiger partial charge in [0, 0.05) is 33.2 Å². The second kappa shape index (κ2) is 10.8. The van der Waals surface area contributed by atoms with Crippen LogP contribution in [-0.4, -0.2) is 57.4 Å². The summed E-state index contributed by atoms with van der Waals surface area (Å²) >= 11 is 1.87. The number of nitrogens with zero attached hydrogens (tertiary/aromatic N) is 2. The minimum absolute atomic E-state index is 0.374. The first-order valence-corrected chi connectivity index (χ1v) is 11.9. The van der Waals surface area contributed by atoms with Crippen molar-refractivity contribution in [2.75, 3.05) is 38.7 Å². The summed E-state index contributed by atoms with van der Waals surface area (Å²) in [5, 5.41) is 6.56. The average Bonchev–Trinajstić information content (AvgIpc) is 3.20. The molecular weight excluding hydrogens is 368 g/mol. The maximum Gasteiger partial charge on any atom is 0.243 e. The van der Waals surface area contributed by atoms with Crippen molar-refractivity contribution in [1.82, 2.24) is 14.9 Å². The SMILES string of the molecule is CN=C(NCCCCSC)NCc1ccc(S(=O)(=O)N2CCCC2)cc1. The van der Waals surface area contributed by atoms with Crippen molar-refractivity contribution in [3.8, 4) is 0 Å². The van der Waals surface area contributed by atoms with Crippen LogP contribution in [-0.2, 0) is 16.6 Å². The molecule has 0 atom stereocenters. The number of unbranched alkanes of at least 4 members (excludes halogenated alkanes) is 1. The minimum Gasteiger partial charge on any atom is -0.356 e. The standard InChI is InChI=1S/C18H30N4O2S2/c1-19-18(20-11-3-6-14-25-2)21-15-16-7-9-17(10-8-16)26(23,24)22-12-4-5-13-22/h7-10H,3-6,11-15H2,1-2H3,(H2,19,20,21). The summed E-state index contributed by atoms with van der Waals surface area (Å²) in [6.07, 6.45) is 6.33. The quantitative estimate of drug-likeness (QED) is 0.379. The number of hydrogen-bond donors (Lipinski definition) is 2. The first-order chi connectivity index (χ1) is 12.6. The lowest BCUT2D eigenvalue weighted by atomic mass is 10.2. The molecule has 2 N–H and O–H groups in total. The highest BCUT2D eigenvalue weighted by atomic mass is 32.2. The number of aliphatic imine (C=N–C) groups is 1. The lowest BCUT2D eigenvalue weighted by Crippen LogP contribution is -2.37. The highest BCUT2D eigenvalue weighted by Crippen LogP contribution is 2.21. The van der Waals surface area contributed by atoms with E-state index >= 15 is 0 Å². The maximum atomic E-state index is 12.5. The van der Waals surface area contributed by atoms with Crippen LogP contribution < -0.4 is 10.6 Å². The molecule has 1 aliphatic heterocycles. The summed E-state index contributed by atoms with van der Waals surface area (Å²) < 4.78 is 26.6. The van der Waals surface area contributed by atoms with Gasteiger partial charge in [0.2, 0.25) is 10.0 Å². The largest absolute Gasteiger partial charge is 0.356 e. The Labute approximate surface area is 161 Å². The summed E-state index contributed by atoms with van der Waals surface area (Å²) in [4.78, 5) is 4.59. The predicted molar refractivity (Wildman–Crippen MR) is 110 cm³/mol. The third kappa shape index (κ3) is 6.17. The Balaban J connectivity index is 1.82. The van der Waals surface area contributed by atoms with Gasteiger partial charge in [0.25, 0.3) is 0 Å². The smallest absolute Gasteiger partial charge is 0.243 e. The monoisotopic (exact) mass is 398 g/mol. The van der Waals surface area contributed by atoms with E-state index in [9.17, 15) is 8.42 Å². The third-order valence-electron chi connectivity index (χ3n) is 4.38. The lowest BCUT2D eigenvalue weighted by Gasteiger charge is -2.16. The van der Waals surface area contributed by atoms with Crippen LogP contribution in [0, 0.1) is 0 Å². The van der Waals surface area contributed by atoms with Gasteiger partial charge in [0.05, 0.1) is 4.90 Å². The molecule has 0 radical (unpaired) electrons. The summed E-state index contributed by atoms with van der Waals surface area (Å²) in [6, 6.07) is 7.12. The molecule has 0 spiro atoms. The zero-order valence-corrected chi connectivity index (χ0v) is 17.3. The Bertz CT molecular complexity index is 669. The van der Waals surface area contributed by atoms with Crippen molar-refractivity contribution in [2.45, 2.75) is 37.1 Å². The van der Waals surface area contributed by atoms with Crippen molar-refractivity contribution >= 4 is 27.7 Å². The number of guanidine groups is 1. The molecule has 146 valence electrons. The number of hydrogen-bond acceptors (Lipinski definition) is 4. The number of benzene rings is 1. The number of sulfonamides is 1. The molecule has 0 aliphatic carbocycles. The highest BCUT2D eigenvalue weighted by molar-refractivity contribution is 7.98. The van der Waals surface area contributed by atoms with Gasteiger partial charge in [-0.25, -0.2) is 8.42 Å². The van der Waals surface area contributed by atoms with Crippen molar-refractivity contribution < 1.29 is 8.42 Å². The average molecular weight is 399 g/mol. The van der Waals surface area contributed by atoms with Gasteiger partial charge in [-0.1, -0.05) is 12.1 Å². The second-order valence-electron chi connectivity index (χ2n) is 6.31. The predicted octanol–water partition coefficient (Wildman–Crippen LogP) is 2.28. The van der Waals surface area contributed by atoms with Gasteiger partial charge < -0.3 is 10.6 Å². The van der Waals surface area contributed by atoms with E-state index in [1.54, 1.807) is 23.5 Å². The molecule has 1 heterocycles. The summed E-state index contributed by atoms with van der Waals surface area (Å²) in [5.41, 5.74) is 1.02. The Morgan fingerprint density at radius 2 is 1.85 bits per heavy atom. The number of nitrogens with one attached hydrogen (secondary N) is 2. The molecule has 6 nitrogen and oxygen atoms in total. The van der Waals surface area contributed by atoms with E-state index in [1.165, 1.54) is 12.2 Å². The molecule has 0 saturated carbocycles. The fourth-order valence-corrected chi connectivity index (χ4v) is 4.85. The van der Waals surface area contributed by atoms with Crippen molar-refractivity contribution in [3.05, 3.63) is 29.8 Å².